The molecule has 0 unspecified atom stereocenters. The molecule has 132 valence electrons. The first-order chi connectivity index (χ1) is 12.0. The van der Waals surface area contributed by atoms with Gasteiger partial charge in [0, 0.05) is 12.1 Å². The van der Waals surface area contributed by atoms with Crippen molar-refractivity contribution in [3.8, 4) is 11.5 Å². The number of aryl methyl sites for hydroxylation is 1. The lowest BCUT2D eigenvalue weighted by molar-refractivity contribution is -0.120. The fourth-order valence-electron chi connectivity index (χ4n) is 2.21. The first kappa shape index (κ1) is 18.3. The molecule has 2 N–H and O–H groups in total. The van der Waals surface area contributed by atoms with Crippen LogP contribution in [0.25, 0.3) is 0 Å². The summed E-state index contributed by atoms with van der Waals surface area (Å²) in [6.45, 7) is 2.33. The Bertz CT molecular complexity index is 742. The predicted octanol–water partition coefficient (Wildman–Crippen LogP) is 2.06. The number of carbonyl (C=O) groups excluding carboxylic acids is 2. The second-order valence-corrected chi connectivity index (χ2v) is 5.51. The van der Waals surface area contributed by atoms with Crippen molar-refractivity contribution in [1.29, 1.82) is 0 Å². The lowest BCUT2D eigenvalue weighted by atomic mass is 10.1. The van der Waals surface area contributed by atoms with Crippen molar-refractivity contribution in [3.63, 3.8) is 0 Å². The highest BCUT2D eigenvalue weighted by Gasteiger charge is 2.11. The van der Waals surface area contributed by atoms with Gasteiger partial charge in [0.25, 0.3) is 5.91 Å². The summed E-state index contributed by atoms with van der Waals surface area (Å²) in [6.07, 6.45) is 0. The molecule has 0 radical (unpaired) electrons. The van der Waals surface area contributed by atoms with Gasteiger partial charge in [-0.3, -0.25) is 9.59 Å². The van der Waals surface area contributed by atoms with E-state index in [0.717, 1.165) is 11.1 Å². The quantitative estimate of drug-likeness (QED) is 0.807. The molecular weight excluding hydrogens is 320 g/mol. The molecule has 0 atom stereocenters. The number of carbonyl (C=O) groups is 2. The first-order valence-corrected chi connectivity index (χ1v) is 7.86. The number of hydrogen-bond donors (Lipinski definition) is 2. The molecule has 0 saturated heterocycles. The molecule has 0 aliphatic rings. The zero-order chi connectivity index (χ0) is 18.2. The normalized spacial score (nSPS) is 10.0. The van der Waals surface area contributed by atoms with Crippen molar-refractivity contribution >= 4 is 11.8 Å². The summed E-state index contributed by atoms with van der Waals surface area (Å²) in [5.74, 6) is 0.384. The molecule has 0 aromatic heterocycles. The maximum absolute atomic E-state index is 12.1. The minimum Gasteiger partial charge on any atom is -0.493 e. The summed E-state index contributed by atoms with van der Waals surface area (Å²) in [7, 11) is 3.02. The SMILES string of the molecule is COc1ccc(C(=O)NCC(=O)NCc2ccc(C)cc2)cc1OC. The minimum absolute atomic E-state index is 0.0982. The summed E-state index contributed by atoms with van der Waals surface area (Å²) >= 11 is 0. The van der Waals surface area contributed by atoms with Crippen molar-refractivity contribution in [2.75, 3.05) is 20.8 Å². The molecule has 0 fully saturated rings. The number of methoxy groups -OCH3 is 2. The number of nitrogens with one attached hydrogen (secondary N) is 2. The first-order valence-electron chi connectivity index (χ1n) is 7.86. The van der Waals surface area contributed by atoms with Crippen LogP contribution in [0.3, 0.4) is 0 Å². The van der Waals surface area contributed by atoms with Crippen LogP contribution in [0.2, 0.25) is 0 Å². The number of hydrogen-bond acceptors (Lipinski definition) is 4. The van der Waals surface area contributed by atoms with E-state index < -0.39 is 0 Å². The summed E-state index contributed by atoms with van der Waals surface area (Å²) in [5.41, 5.74) is 2.56. The monoisotopic (exact) mass is 342 g/mol. The van der Waals surface area contributed by atoms with E-state index in [1.807, 2.05) is 31.2 Å². The Hall–Kier alpha value is -3.02. The average molecular weight is 342 g/mol. The second-order valence-electron chi connectivity index (χ2n) is 5.51. The molecule has 0 heterocycles. The second kappa shape index (κ2) is 8.73. The van der Waals surface area contributed by atoms with Gasteiger partial charge in [-0.05, 0) is 30.7 Å². The van der Waals surface area contributed by atoms with Crippen molar-refractivity contribution < 1.29 is 19.1 Å². The highest BCUT2D eigenvalue weighted by Crippen LogP contribution is 2.27. The van der Waals surface area contributed by atoms with Gasteiger partial charge in [-0.1, -0.05) is 29.8 Å². The molecule has 2 aromatic rings. The zero-order valence-electron chi connectivity index (χ0n) is 14.6. The smallest absolute Gasteiger partial charge is 0.251 e. The Balaban J connectivity index is 1.84. The fourth-order valence-corrected chi connectivity index (χ4v) is 2.21. The summed E-state index contributed by atoms with van der Waals surface area (Å²) in [5, 5.41) is 5.35. The van der Waals surface area contributed by atoms with Crippen molar-refractivity contribution in [2.24, 2.45) is 0 Å². The zero-order valence-corrected chi connectivity index (χ0v) is 14.6. The molecule has 25 heavy (non-hydrogen) atoms. The summed E-state index contributed by atoms with van der Waals surface area (Å²) in [4.78, 5) is 24.0. The van der Waals surface area contributed by atoms with Crippen molar-refractivity contribution in [1.82, 2.24) is 10.6 Å². The Morgan fingerprint density at radius 2 is 1.60 bits per heavy atom. The Morgan fingerprint density at radius 3 is 2.24 bits per heavy atom. The van der Waals surface area contributed by atoms with E-state index in [2.05, 4.69) is 10.6 Å². The number of amides is 2. The van der Waals surface area contributed by atoms with Gasteiger partial charge in [0.1, 0.15) is 0 Å². The molecule has 0 bridgehead atoms. The van der Waals surface area contributed by atoms with Crippen LogP contribution in [0.5, 0.6) is 11.5 Å². The Kier molecular flexibility index (Phi) is 6.39. The van der Waals surface area contributed by atoms with E-state index in [9.17, 15) is 9.59 Å². The van der Waals surface area contributed by atoms with Crippen LogP contribution < -0.4 is 20.1 Å². The molecular formula is C19H22N2O4. The molecule has 0 spiro atoms. The van der Waals surface area contributed by atoms with E-state index in [4.69, 9.17) is 9.47 Å². The van der Waals surface area contributed by atoms with Crippen LogP contribution in [0.1, 0.15) is 21.5 Å². The highest BCUT2D eigenvalue weighted by molar-refractivity contribution is 5.97. The van der Waals surface area contributed by atoms with Crippen LogP contribution in [0.15, 0.2) is 42.5 Å². The Morgan fingerprint density at radius 1 is 0.920 bits per heavy atom. The third-order valence-electron chi connectivity index (χ3n) is 3.67. The number of benzene rings is 2. The van der Waals surface area contributed by atoms with Crippen LogP contribution in [0.4, 0.5) is 0 Å². The molecule has 6 nitrogen and oxygen atoms in total. The van der Waals surface area contributed by atoms with E-state index in [1.165, 1.54) is 14.2 Å². The van der Waals surface area contributed by atoms with Gasteiger partial charge in [0.2, 0.25) is 5.91 Å². The minimum atomic E-state index is -0.355. The lowest BCUT2D eigenvalue weighted by Gasteiger charge is -2.10. The van der Waals surface area contributed by atoms with E-state index in [0.29, 0.717) is 23.6 Å². The number of ether oxygens (including phenoxy) is 2. The van der Waals surface area contributed by atoms with Crippen molar-refractivity contribution in [2.45, 2.75) is 13.5 Å². The number of rotatable bonds is 7. The van der Waals surface area contributed by atoms with E-state index in [-0.39, 0.29) is 18.4 Å². The summed E-state index contributed by atoms with van der Waals surface area (Å²) in [6, 6.07) is 12.7. The fraction of sp³-hybridized carbons (Fsp3) is 0.263. The predicted molar refractivity (Wildman–Crippen MR) is 94.9 cm³/mol. The molecule has 2 aromatic carbocycles. The van der Waals surface area contributed by atoms with Crippen LogP contribution in [-0.4, -0.2) is 32.6 Å². The van der Waals surface area contributed by atoms with Gasteiger partial charge in [0.05, 0.1) is 20.8 Å². The molecule has 0 aliphatic heterocycles. The van der Waals surface area contributed by atoms with Crippen LogP contribution >= 0.6 is 0 Å². The lowest BCUT2D eigenvalue weighted by Crippen LogP contribution is -2.36. The average Bonchev–Trinajstić information content (AvgIpc) is 2.64. The third kappa shape index (κ3) is 5.24. The van der Waals surface area contributed by atoms with Gasteiger partial charge < -0.3 is 20.1 Å². The topological polar surface area (TPSA) is 76.7 Å². The van der Waals surface area contributed by atoms with E-state index >= 15 is 0 Å². The van der Waals surface area contributed by atoms with Crippen LogP contribution in [0, 0.1) is 6.92 Å². The van der Waals surface area contributed by atoms with Gasteiger partial charge >= 0.3 is 0 Å². The molecule has 2 amide bonds. The molecule has 0 aliphatic carbocycles. The molecule has 6 heteroatoms. The third-order valence-corrected chi connectivity index (χ3v) is 3.67. The summed E-state index contributed by atoms with van der Waals surface area (Å²) < 4.78 is 10.3. The maximum atomic E-state index is 12.1. The Labute approximate surface area is 147 Å². The van der Waals surface area contributed by atoms with Gasteiger partial charge in [0.15, 0.2) is 11.5 Å². The van der Waals surface area contributed by atoms with Crippen molar-refractivity contribution in [3.05, 3.63) is 59.2 Å². The van der Waals surface area contributed by atoms with E-state index in [1.54, 1.807) is 18.2 Å². The largest absolute Gasteiger partial charge is 0.493 e. The maximum Gasteiger partial charge on any atom is 0.251 e. The standard InChI is InChI=1S/C19H22N2O4/c1-13-4-6-14(7-5-13)11-20-18(22)12-21-19(23)15-8-9-16(24-2)17(10-15)25-3/h4-10H,11-12H2,1-3H3,(H,20,22)(H,21,23). The van der Waals surface area contributed by atoms with Gasteiger partial charge in [-0.2, -0.15) is 0 Å². The molecule has 2 rings (SSSR count). The van der Waals surface area contributed by atoms with Gasteiger partial charge in [-0.15, -0.1) is 0 Å². The van der Waals surface area contributed by atoms with Crippen LogP contribution in [-0.2, 0) is 11.3 Å². The highest BCUT2D eigenvalue weighted by atomic mass is 16.5. The van der Waals surface area contributed by atoms with Gasteiger partial charge in [-0.25, -0.2) is 0 Å². The molecule has 0 saturated carbocycles.